The van der Waals surface area contributed by atoms with Crippen molar-refractivity contribution < 1.29 is 4.79 Å². The van der Waals surface area contributed by atoms with Crippen LogP contribution in [0.3, 0.4) is 0 Å². The molecule has 0 aliphatic rings. The van der Waals surface area contributed by atoms with Crippen LogP contribution in [0.5, 0.6) is 0 Å². The van der Waals surface area contributed by atoms with Crippen molar-refractivity contribution in [2.45, 2.75) is 19.4 Å². The van der Waals surface area contributed by atoms with Gasteiger partial charge in [0.15, 0.2) is 0 Å². The molecule has 2 nitrogen and oxygen atoms in total. The number of carbonyl (C=O) groups is 1. The zero-order valence-corrected chi connectivity index (χ0v) is 8.74. The Morgan fingerprint density at radius 1 is 1.70 bits per heavy atom. The van der Waals surface area contributed by atoms with Crippen molar-refractivity contribution in [3.8, 4) is 0 Å². The number of rotatable bonds is 4. The van der Waals surface area contributed by atoms with E-state index in [0.717, 1.165) is 13.0 Å². The summed E-state index contributed by atoms with van der Waals surface area (Å²) in [7, 11) is 1.22. The monoisotopic (exact) mass is 157 g/mol. The van der Waals surface area contributed by atoms with Crippen molar-refractivity contribution in [2.24, 2.45) is 0 Å². The number of hydrogen-bond acceptors (Lipinski definition) is 1. The topological polar surface area (TPSA) is 29.1 Å². The predicted octanol–water partition coefficient (Wildman–Crippen LogP) is -0.148. The SMILES string of the molecule is C=C(C)C(=O)NCCC[SiH3]. The van der Waals surface area contributed by atoms with E-state index in [0.29, 0.717) is 5.57 Å². The first-order valence-electron chi connectivity index (χ1n) is 3.62. The molecule has 0 rings (SSSR count). The third-order valence-electron chi connectivity index (χ3n) is 1.20. The lowest BCUT2D eigenvalue weighted by Gasteiger charge is -2.01. The van der Waals surface area contributed by atoms with Crippen LogP contribution in [0.2, 0.25) is 6.04 Å². The van der Waals surface area contributed by atoms with Gasteiger partial charge < -0.3 is 5.32 Å². The Morgan fingerprint density at radius 2 is 2.30 bits per heavy atom. The van der Waals surface area contributed by atoms with Crippen LogP contribution in [-0.4, -0.2) is 22.7 Å². The second kappa shape index (κ2) is 5.23. The average molecular weight is 157 g/mol. The Morgan fingerprint density at radius 3 is 2.70 bits per heavy atom. The fourth-order valence-electron chi connectivity index (χ4n) is 0.530. The first-order chi connectivity index (χ1) is 4.68. The summed E-state index contributed by atoms with van der Waals surface area (Å²) in [5.74, 6) is -0.0184. The van der Waals surface area contributed by atoms with Gasteiger partial charge in [-0.25, -0.2) is 0 Å². The summed E-state index contributed by atoms with van der Waals surface area (Å²) < 4.78 is 0. The molecule has 1 N–H and O–H groups in total. The lowest BCUT2D eigenvalue weighted by Crippen LogP contribution is -2.24. The highest BCUT2D eigenvalue weighted by atomic mass is 28.1. The first kappa shape index (κ1) is 9.43. The summed E-state index contributed by atoms with van der Waals surface area (Å²) >= 11 is 0. The zero-order chi connectivity index (χ0) is 7.98. The van der Waals surface area contributed by atoms with Gasteiger partial charge in [0.2, 0.25) is 5.91 Å². The van der Waals surface area contributed by atoms with E-state index in [9.17, 15) is 4.79 Å². The molecule has 0 saturated heterocycles. The molecule has 0 aliphatic carbocycles. The molecular weight excluding hydrogens is 142 g/mol. The van der Waals surface area contributed by atoms with E-state index in [2.05, 4.69) is 11.9 Å². The molecule has 0 saturated carbocycles. The van der Waals surface area contributed by atoms with Crippen molar-refractivity contribution in [3.63, 3.8) is 0 Å². The highest BCUT2D eigenvalue weighted by Crippen LogP contribution is 1.86. The van der Waals surface area contributed by atoms with Gasteiger partial charge in [-0.1, -0.05) is 12.6 Å². The Kier molecular flexibility index (Phi) is 4.93. The molecule has 1 amide bonds. The number of hydrogen-bond donors (Lipinski definition) is 1. The largest absolute Gasteiger partial charge is 0.352 e. The fourth-order valence-corrected chi connectivity index (χ4v) is 0.883. The summed E-state index contributed by atoms with van der Waals surface area (Å²) in [6.07, 6.45) is 1.10. The van der Waals surface area contributed by atoms with Crippen molar-refractivity contribution in [3.05, 3.63) is 12.2 Å². The van der Waals surface area contributed by atoms with E-state index in [1.54, 1.807) is 6.92 Å². The van der Waals surface area contributed by atoms with Crippen molar-refractivity contribution >= 4 is 16.1 Å². The van der Waals surface area contributed by atoms with Gasteiger partial charge in [-0.3, -0.25) is 4.79 Å². The standard InChI is InChI=1S/C7H15NOSi/c1-6(2)7(9)8-4-3-5-10/h1,3-5H2,2,10H3,(H,8,9). The maximum Gasteiger partial charge on any atom is 0.246 e. The molecular formula is C7H15NOSi. The summed E-state index contributed by atoms with van der Waals surface area (Å²) in [5, 5.41) is 2.77. The molecule has 0 aromatic rings. The normalized spacial score (nSPS) is 9.30. The molecule has 58 valence electrons. The van der Waals surface area contributed by atoms with Gasteiger partial charge in [-0.2, -0.15) is 0 Å². The maximum absolute atomic E-state index is 10.8. The number of nitrogens with one attached hydrogen (secondary N) is 1. The first-order valence-corrected chi connectivity index (χ1v) is 5.03. The van der Waals surface area contributed by atoms with Crippen LogP contribution >= 0.6 is 0 Å². The van der Waals surface area contributed by atoms with Crippen molar-refractivity contribution in [1.29, 1.82) is 0 Å². The minimum Gasteiger partial charge on any atom is -0.352 e. The van der Waals surface area contributed by atoms with Crippen LogP contribution in [-0.2, 0) is 4.79 Å². The van der Waals surface area contributed by atoms with Crippen LogP contribution in [0.1, 0.15) is 13.3 Å². The van der Waals surface area contributed by atoms with Crippen LogP contribution in [0.4, 0.5) is 0 Å². The third kappa shape index (κ3) is 4.32. The van der Waals surface area contributed by atoms with Crippen LogP contribution in [0.15, 0.2) is 12.2 Å². The fraction of sp³-hybridized carbons (Fsp3) is 0.571. The Labute approximate surface area is 65.1 Å². The molecule has 0 aromatic carbocycles. The molecule has 10 heavy (non-hydrogen) atoms. The maximum atomic E-state index is 10.8. The van der Waals surface area contributed by atoms with E-state index in [-0.39, 0.29) is 5.91 Å². The van der Waals surface area contributed by atoms with Crippen LogP contribution < -0.4 is 5.32 Å². The van der Waals surface area contributed by atoms with E-state index in [4.69, 9.17) is 0 Å². The minimum absolute atomic E-state index is 0.0184. The van der Waals surface area contributed by atoms with Gasteiger partial charge in [-0.05, 0) is 13.3 Å². The molecule has 0 radical (unpaired) electrons. The Bertz CT molecular complexity index is 134. The van der Waals surface area contributed by atoms with Gasteiger partial charge in [-0.15, -0.1) is 0 Å². The average Bonchev–Trinajstić information content (AvgIpc) is 1.88. The second-order valence-electron chi connectivity index (χ2n) is 2.39. The summed E-state index contributed by atoms with van der Waals surface area (Å²) in [5.41, 5.74) is 0.591. The number of carbonyl (C=O) groups excluding carboxylic acids is 1. The quantitative estimate of drug-likeness (QED) is 0.343. The Hall–Kier alpha value is -0.573. The van der Waals surface area contributed by atoms with Crippen molar-refractivity contribution in [2.75, 3.05) is 6.54 Å². The highest BCUT2D eigenvalue weighted by molar-refractivity contribution is 6.08. The zero-order valence-electron chi connectivity index (χ0n) is 6.74. The van der Waals surface area contributed by atoms with E-state index < -0.39 is 0 Å². The molecule has 0 aromatic heterocycles. The molecule has 0 atom stereocenters. The molecule has 0 aliphatic heterocycles. The number of amides is 1. The van der Waals surface area contributed by atoms with Gasteiger partial charge in [0.25, 0.3) is 0 Å². The van der Waals surface area contributed by atoms with Gasteiger partial charge in [0.05, 0.1) is 0 Å². The molecule has 0 spiro atoms. The molecule has 0 bridgehead atoms. The van der Waals surface area contributed by atoms with Crippen LogP contribution in [0, 0.1) is 0 Å². The summed E-state index contributed by atoms with van der Waals surface area (Å²) in [4.78, 5) is 10.8. The van der Waals surface area contributed by atoms with E-state index >= 15 is 0 Å². The predicted molar refractivity (Wildman–Crippen MR) is 47.2 cm³/mol. The smallest absolute Gasteiger partial charge is 0.246 e. The minimum atomic E-state index is -0.0184. The lowest BCUT2D eigenvalue weighted by molar-refractivity contribution is -0.117. The summed E-state index contributed by atoms with van der Waals surface area (Å²) in [6, 6.07) is 1.25. The molecule has 0 heterocycles. The van der Waals surface area contributed by atoms with Crippen LogP contribution in [0.25, 0.3) is 0 Å². The molecule has 0 unspecified atom stereocenters. The highest BCUT2D eigenvalue weighted by Gasteiger charge is 1.97. The molecule has 3 heteroatoms. The Balaban J connectivity index is 3.31. The van der Waals surface area contributed by atoms with Gasteiger partial charge in [0, 0.05) is 22.4 Å². The van der Waals surface area contributed by atoms with Gasteiger partial charge in [0.1, 0.15) is 0 Å². The molecule has 0 fully saturated rings. The second-order valence-corrected chi connectivity index (χ2v) is 3.39. The van der Waals surface area contributed by atoms with Gasteiger partial charge >= 0.3 is 0 Å². The lowest BCUT2D eigenvalue weighted by atomic mass is 10.3. The summed E-state index contributed by atoms with van der Waals surface area (Å²) in [6.45, 7) is 6.05. The van der Waals surface area contributed by atoms with E-state index in [1.165, 1.54) is 16.3 Å². The van der Waals surface area contributed by atoms with E-state index in [1.807, 2.05) is 0 Å². The third-order valence-corrected chi connectivity index (χ3v) is 1.91. The van der Waals surface area contributed by atoms with Crippen molar-refractivity contribution in [1.82, 2.24) is 5.32 Å².